The Morgan fingerprint density at radius 3 is 2.00 bits per heavy atom. The van der Waals surface area contributed by atoms with E-state index in [1.807, 2.05) is 13.8 Å². The molecule has 3 rings (SSSR count). The van der Waals surface area contributed by atoms with Crippen LogP contribution in [0.4, 0.5) is 5.69 Å². The lowest BCUT2D eigenvalue weighted by atomic mass is 10.1. The maximum atomic E-state index is 13.9. The second-order valence-corrected chi connectivity index (χ2v) is 11.4. The number of benzene rings is 3. The molecule has 38 heavy (non-hydrogen) atoms. The fraction of sp³-hybridized carbons (Fsp3) is 0.286. The van der Waals surface area contributed by atoms with Gasteiger partial charge >= 0.3 is 0 Å². The standard InChI is InChI=1S/C28H31Cl2N3O4S/c1-3-18-31-28(35)26(4-2)32(19-21-10-12-22(29)13-11-21)27(34)20-33(24-8-6-5-7-9-24)38(36,37)25-16-14-23(30)15-17-25/h5-17,26H,3-4,18-20H2,1-2H3,(H,31,35)/t26-/m0/s1. The van der Waals surface area contributed by atoms with Gasteiger partial charge in [0.25, 0.3) is 10.0 Å². The zero-order valence-electron chi connectivity index (χ0n) is 21.3. The Hall–Kier alpha value is -3.07. The number of carbonyl (C=O) groups excluding carboxylic acids is 2. The van der Waals surface area contributed by atoms with Crippen molar-refractivity contribution in [2.75, 3.05) is 17.4 Å². The molecule has 1 N–H and O–H groups in total. The van der Waals surface area contributed by atoms with Crippen LogP contribution in [0.1, 0.15) is 32.3 Å². The third-order valence-electron chi connectivity index (χ3n) is 5.93. The van der Waals surface area contributed by atoms with Crippen molar-refractivity contribution in [2.24, 2.45) is 0 Å². The number of hydrogen-bond donors (Lipinski definition) is 1. The maximum Gasteiger partial charge on any atom is 0.264 e. The Balaban J connectivity index is 2.01. The van der Waals surface area contributed by atoms with Crippen LogP contribution in [0.25, 0.3) is 0 Å². The van der Waals surface area contributed by atoms with E-state index in [2.05, 4.69) is 5.32 Å². The summed E-state index contributed by atoms with van der Waals surface area (Å²) in [5.41, 5.74) is 1.09. The number of halogens is 2. The molecule has 0 bridgehead atoms. The van der Waals surface area contributed by atoms with Gasteiger partial charge in [0.15, 0.2) is 0 Å². The van der Waals surface area contributed by atoms with Gasteiger partial charge < -0.3 is 10.2 Å². The highest BCUT2D eigenvalue weighted by molar-refractivity contribution is 7.92. The van der Waals surface area contributed by atoms with Crippen LogP contribution in [0.2, 0.25) is 10.0 Å². The van der Waals surface area contributed by atoms with E-state index in [0.717, 1.165) is 16.3 Å². The van der Waals surface area contributed by atoms with Gasteiger partial charge in [-0.05, 0) is 66.9 Å². The normalized spacial score (nSPS) is 12.0. The first-order valence-corrected chi connectivity index (χ1v) is 14.5. The summed E-state index contributed by atoms with van der Waals surface area (Å²) in [5.74, 6) is -0.802. The molecule has 0 aliphatic carbocycles. The highest BCUT2D eigenvalue weighted by Gasteiger charge is 2.33. The predicted molar refractivity (Wildman–Crippen MR) is 152 cm³/mol. The van der Waals surface area contributed by atoms with Crippen molar-refractivity contribution in [3.63, 3.8) is 0 Å². The van der Waals surface area contributed by atoms with Crippen LogP contribution in [-0.2, 0) is 26.2 Å². The van der Waals surface area contributed by atoms with Gasteiger partial charge in [-0.1, -0.05) is 67.4 Å². The maximum absolute atomic E-state index is 13.9. The quantitative estimate of drug-likeness (QED) is 0.308. The predicted octanol–water partition coefficient (Wildman–Crippen LogP) is 5.52. The lowest BCUT2D eigenvalue weighted by Gasteiger charge is -2.33. The summed E-state index contributed by atoms with van der Waals surface area (Å²) in [4.78, 5) is 28.4. The zero-order valence-corrected chi connectivity index (χ0v) is 23.6. The van der Waals surface area contributed by atoms with E-state index in [1.165, 1.54) is 29.2 Å². The minimum absolute atomic E-state index is 0.00413. The van der Waals surface area contributed by atoms with Crippen LogP contribution in [0.3, 0.4) is 0 Å². The van der Waals surface area contributed by atoms with Crippen LogP contribution in [-0.4, -0.2) is 44.3 Å². The fourth-order valence-electron chi connectivity index (χ4n) is 3.93. The van der Waals surface area contributed by atoms with Crippen molar-refractivity contribution in [1.29, 1.82) is 0 Å². The lowest BCUT2D eigenvalue weighted by molar-refractivity contribution is -0.140. The van der Waals surface area contributed by atoms with Crippen molar-refractivity contribution in [2.45, 2.75) is 44.2 Å². The van der Waals surface area contributed by atoms with Crippen molar-refractivity contribution >= 4 is 50.7 Å². The van der Waals surface area contributed by atoms with Gasteiger partial charge in [0.2, 0.25) is 11.8 Å². The summed E-state index contributed by atoms with van der Waals surface area (Å²) >= 11 is 12.0. The second-order valence-electron chi connectivity index (χ2n) is 8.66. The molecule has 0 aromatic heterocycles. The molecule has 0 heterocycles. The summed E-state index contributed by atoms with van der Waals surface area (Å²) in [5, 5.41) is 3.80. The topological polar surface area (TPSA) is 86.8 Å². The summed E-state index contributed by atoms with van der Waals surface area (Å²) in [6.07, 6.45) is 1.10. The summed E-state index contributed by atoms with van der Waals surface area (Å²) in [6.45, 7) is 3.84. The molecular weight excluding hydrogens is 545 g/mol. The first-order chi connectivity index (χ1) is 18.2. The third kappa shape index (κ3) is 7.49. The molecule has 0 fully saturated rings. The van der Waals surface area contributed by atoms with Crippen molar-refractivity contribution < 1.29 is 18.0 Å². The summed E-state index contributed by atoms with van der Waals surface area (Å²) in [7, 11) is -4.14. The fourth-order valence-corrected chi connectivity index (χ4v) is 5.59. The SMILES string of the molecule is CCCNC(=O)[C@H](CC)N(Cc1ccc(Cl)cc1)C(=O)CN(c1ccccc1)S(=O)(=O)c1ccc(Cl)cc1. The molecule has 202 valence electrons. The van der Waals surface area contributed by atoms with Crippen molar-refractivity contribution in [3.05, 3.63) is 94.5 Å². The summed E-state index contributed by atoms with van der Waals surface area (Å²) in [6, 6.07) is 20.3. The monoisotopic (exact) mass is 575 g/mol. The first-order valence-electron chi connectivity index (χ1n) is 12.3. The Morgan fingerprint density at radius 1 is 0.868 bits per heavy atom. The van der Waals surface area contributed by atoms with Crippen LogP contribution < -0.4 is 9.62 Å². The van der Waals surface area contributed by atoms with Crippen LogP contribution in [0, 0.1) is 0 Å². The van der Waals surface area contributed by atoms with E-state index < -0.39 is 28.5 Å². The van der Waals surface area contributed by atoms with E-state index in [9.17, 15) is 18.0 Å². The molecule has 0 unspecified atom stereocenters. The number of hydrogen-bond acceptors (Lipinski definition) is 4. The first kappa shape index (κ1) is 29.5. The number of carbonyl (C=O) groups is 2. The average Bonchev–Trinajstić information content (AvgIpc) is 2.92. The second kappa shape index (κ2) is 13.6. The van der Waals surface area contributed by atoms with Crippen molar-refractivity contribution in [3.8, 4) is 0 Å². The van der Waals surface area contributed by atoms with Crippen LogP contribution in [0.5, 0.6) is 0 Å². The van der Waals surface area contributed by atoms with E-state index >= 15 is 0 Å². The zero-order chi connectivity index (χ0) is 27.7. The Morgan fingerprint density at radius 2 is 1.45 bits per heavy atom. The van der Waals surface area contributed by atoms with E-state index in [4.69, 9.17) is 23.2 Å². The number of para-hydroxylation sites is 1. The number of nitrogens with zero attached hydrogens (tertiary/aromatic N) is 2. The average molecular weight is 577 g/mol. The minimum atomic E-state index is -4.14. The number of amides is 2. The molecule has 1 atom stereocenters. The van der Waals surface area contributed by atoms with Crippen LogP contribution in [0.15, 0.2) is 83.8 Å². The molecule has 0 spiro atoms. The van der Waals surface area contributed by atoms with E-state index in [-0.39, 0.29) is 17.3 Å². The molecule has 0 saturated carbocycles. The minimum Gasteiger partial charge on any atom is -0.354 e. The Kier molecular flexibility index (Phi) is 10.6. The molecule has 3 aromatic carbocycles. The molecule has 0 aliphatic rings. The molecule has 10 heteroatoms. The van der Waals surface area contributed by atoms with Crippen LogP contribution >= 0.6 is 23.2 Å². The summed E-state index contributed by atoms with van der Waals surface area (Å²) < 4.78 is 28.5. The van der Waals surface area contributed by atoms with Gasteiger partial charge in [-0.2, -0.15) is 0 Å². The number of sulfonamides is 1. The lowest BCUT2D eigenvalue weighted by Crippen LogP contribution is -2.52. The Labute approximate surface area is 234 Å². The smallest absolute Gasteiger partial charge is 0.264 e. The number of anilines is 1. The van der Waals surface area contributed by atoms with Gasteiger partial charge in [-0.15, -0.1) is 0 Å². The highest BCUT2D eigenvalue weighted by Crippen LogP contribution is 2.25. The van der Waals surface area contributed by atoms with E-state index in [1.54, 1.807) is 54.6 Å². The van der Waals surface area contributed by atoms with Gasteiger partial charge in [-0.25, -0.2) is 8.42 Å². The molecular formula is C28H31Cl2N3O4S. The molecule has 0 saturated heterocycles. The Bertz CT molecular complexity index is 1320. The largest absolute Gasteiger partial charge is 0.354 e. The molecule has 7 nitrogen and oxygen atoms in total. The molecule has 3 aromatic rings. The van der Waals surface area contributed by atoms with Gasteiger partial charge in [-0.3, -0.25) is 13.9 Å². The van der Waals surface area contributed by atoms with Gasteiger partial charge in [0.05, 0.1) is 10.6 Å². The number of nitrogens with one attached hydrogen (secondary N) is 1. The van der Waals surface area contributed by atoms with Crippen molar-refractivity contribution in [1.82, 2.24) is 10.2 Å². The van der Waals surface area contributed by atoms with Gasteiger partial charge in [0.1, 0.15) is 12.6 Å². The third-order valence-corrected chi connectivity index (χ3v) is 8.22. The highest BCUT2D eigenvalue weighted by atomic mass is 35.5. The molecule has 0 radical (unpaired) electrons. The molecule has 2 amide bonds. The molecule has 0 aliphatic heterocycles. The number of rotatable bonds is 12. The van der Waals surface area contributed by atoms with E-state index in [0.29, 0.717) is 28.7 Å². The van der Waals surface area contributed by atoms with Gasteiger partial charge in [0, 0.05) is 23.1 Å².